The highest BCUT2D eigenvalue weighted by Gasteiger charge is 2.39. The predicted molar refractivity (Wildman–Crippen MR) is 136 cm³/mol. The predicted octanol–water partition coefficient (Wildman–Crippen LogP) is 3.80. The molecule has 1 atom stereocenters. The third-order valence-corrected chi connectivity index (χ3v) is 7.23. The second-order valence-corrected chi connectivity index (χ2v) is 9.57. The lowest BCUT2D eigenvalue weighted by Crippen LogP contribution is -2.49. The molecule has 0 bridgehead atoms. The van der Waals surface area contributed by atoms with Crippen molar-refractivity contribution in [2.45, 2.75) is 50.7 Å². The maximum absolute atomic E-state index is 14.0. The highest BCUT2D eigenvalue weighted by Crippen LogP contribution is 2.35. The van der Waals surface area contributed by atoms with Crippen LogP contribution >= 0.6 is 11.5 Å². The first-order valence-electron chi connectivity index (χ1n) is 11.8. The molecule has 1 fully saturated rings. The molecule has 36 heavy (non-hydrogen) atoms. The molecular formula is C26H28FN5O3S. The first-order chi connectivity index (χ1) is 17.4. The van der Waals surface area contributed by atoms with Crippen molar-refractivity contribution in [2.75, 3.05) is 5.73 Å². The first kappa shape index (κ1) is 25.3. The smallest absolute Gasteiger partial charge is 0.270 e. The van der Waals surface area contributed by atoms with Gasteiger partial charge in [0.15, 0.2) is 5.69 Å². The van der Waals surface area contributed by atoms with Gasteiger partial charge >= 0.3 is 0 Å². The minimum absolute atomic E-state index is 0.0531. The number of halogens is 1. The topological polar surface area (TPSA) is 131 Å². The number of rotatable bonds is 8. The molecular weight excluding hydrogens is 481 g/mol. The molecule has 1 heterocycles. The average Bonchev–Trinajstić information content (AvgIpc) is 3.29. The van der Waals surface area contributed by atoms with E-state index in [1.165, 1.54) is 29.2 Å². The molecule has 2 aromatic carbocycles. The Morgan fingerprint density at radius 3 is 2.33 bits per heavy atom. The summed E-state index contributed by atoms with van der Waals surface area (Å²) in [6.45, 7) is 0.262. The lowest BCUT2D eigenvalue weighted by atomic mass is 9.91. The van der Waals surface area contributed by atoms with E-state index in [-0.39, 0.29) is 28.8 Å². The summed E-state index contributed by atoms with van der Waals surface area (Å²) in [6, 6.07) is 13.7. The second-order valence-electron chi connectivity index (χ2n) is 8.80. The van der Waals surface area contributed by atoms with Gasteiger partial charge in [-0.15, -0.1) is 0 Å². The lowest BCUT2D eigenvalue weighted by Gasteiger charge is -2.39. The number of anilines is 1. The van der Waals surface area contributed by atoms with Crippen molar-refractivity contribution in [1.82, 2.24) is 14.6 Å². The van der Waals surface area contributed by atoms with E-state index in [2.05, 4.69) is 9.69 Å². The molecule has 10 heteroatoms. The van der Waals surface area contributed by atoms with Gasteiger partial charge in [-0.05, 0) is 47.6 Å². The molecule has 4 rings (SSSR count). The Kier molecular flexibility index (Phi) is 7.94. The minimum atomic E-state index is -1.04. The van der Waals surface area contributed by atoms with Crippen molar-refractivity contribution >= 4 is 34.9 Å². The highest BCUT2D eigenvalue weighted by atomic mass is 32.1. The van der Waals surface area contributed by atoms with Crippen molar-refractivity contribution in [2.24, 2.45) is 5.73 Å². The van der Waals surface area contributed by atoms with Crippen LogP contribution in [0.2, 0.25) is 0 Å². The van der Waals surface area contributed by atoms with Crippen LogP contribution in [0.3, 0.4) is 0 Å². The second kappa shape index (κ2) is 11.3. The van der Waals surface area contributed by atoms with Crippen LogP contribution < -0.4 is 16.8 Å². The first-order valence-corrected chi connectivity index (χ1v) is 12.6. The number of benzene rings is 2. The van der Waals surface area contributed by atoms with Gasteiger partial charge in [-0.2, -0.15) is 4.37 Å². The van der Waals surface area contributed by atoms with E-state index in [0.717, 1.165) is 36.4 Å². The molecule has 0 spiro atoms. The Morgan fingerprint density at radius 1 is 1.06 bits per heavy atom. The fourth-order valence-electron chi connectivity index (χ4n) is 4.56. The minimum Gasteiger partial charge on any atom is -0.395 e. The third kappa shape index (κ3) is 5.54. The molecule has 0 unspecified atom stereocenters. The SMILES string of the molecule is NC(=O)c1nsc(C(=O)N(C2CCCCC2)[C@H](C(=O)NCc2ccccc2)c2ccc(F)cc2)c1N. The van der Waals surface area contributed by atoms with Crippen LogP contribution in [0.1, 0.15) is 69.4 Å². The van der Waals surface area contributed by atoms with E-state index in [1.807, 2.05) is 30.3 Å². The normalized spacial score (nSPS) is 14.7. The standard InChI is InChI=1S/C26H28FN5O3S/c27-18-13-11-17(12-14-18)22(25(34)30-15-16-7-3-1-4-8-16)32(19-9-5-2-6-10-19)26(35)23-20(28)21(24(29)33)31-36-23/h1,3-4,7-8,11-14,19,22H,2,5-6,9-10,15,28H2,(H2,29,33)(H,30,34)/t22-/m0/s1. The maximum atomic E-state index is 14.0. The number of hydrogen-bond donors (Lipinski definition) is 3. The van der Waals surface area contributed by atoms with Gasteiger partial charge in [0.25, 0.3) is 11.8 Å². The fraction of sp³-hybridized carbons (Fsp3) is 0.308. The molecule has 5 N–H and O–H groups in total. The molecule has 0 saturated heterocycles. The molecule has 0 aliphatic heterocycles. The largest absolute Gasteiger partial charge is 0.395 e. The van der Waals surface area contributed by atoms with Gasteiger partial charge in [-0.3, -0.25) is 14.4 Å². The number of primary amides is 1. The number of amides is 3. The Labute approximate surface area is 212 Å². The Balaban J connectivity index is 1.75. The Bertz CT molecular complexity index is 1230. The zero-order valence-electron chi connectivity index (χ0n) is 19.7. The molecule has 188 valence electrons. The van der Waals surface area contributed by atoms with E-state index in [4.69, 9.17) is 11.5 Å². The highest BCUT2D eigenvalue weighted by molar-refractivity contribution is 7.09. The van der Waals surface area contributed by atoms with E-state index >= 15 is 0 Å². The number of carbonyl (C=O) groups is 3. The van der Waals surface area contributed by atoms with Crippen LogP contribution in [0.5, 0.6) is 0 Å². The molecule has 1 aliphatic carbocycles. The summed E-state index contributed by atoms with van der Waals surface area (Å²) in [5.41, 5.74) is 12.6. The van der Waals surface area contributed by atoms with E-state index < -0.39 is 29.6 Å². The fourth-order valence-corrected chi connectivity index (χ4v) is 5.31. The zero-order chi connectivity index (χ0) is 25.7. The van der Waals surface area contributed by atoms with Crippen molar-refractivity contribution in [1.29, 1.82) is 0 Å². The molecule has 0 radical (unpaired) electrons. The number of nitrogens with one attached hydrogen (secondary N) is 1. The number of aromatic nitrogens is 1. The third-order valence-electron chi connectivity index (χ3n) is 6.38. The van der Waals surface area contributed by atoms with Gasteiger partial charge in [0.2, 0.25) is 5.91 Å². The summed E-state index contributed by atoms with van der Waals surface area (Å²) in [4.78, 5) is 41.0. The van der Waals surface area contributed by atoms with E-state index in [0.29, 0.717) is 18.4 Å². The average molecular weight is 510 g/mol. The van der Waals surface area contributed by atoms with Gasteiger partial charge in [0, 0.05) is 12.6 Å². The van der Waals surface area contributed by atoms with Crippen LogP contribution in [0.15, 0.2) is 54.6 Å². The van der Waals surface area contributed by atoms with Crippen molar-refractivity contribution in [3.05, 3.63) is 82.1 Å². The van der Waals surface area contributed by atoms with E-state index in [1.54, 1.807) is 0 Å². The van der Waals surface area contributed by atoms with Crippen LogP contribution in [0.25, 0.3) is 0 Å². The summed E-state index contributed by atoms with van der Waals surface area (Å²) in [6.07, 6.45) is 4.25. The van der Waals surface area contributed by atoms with Crippen molar-refractivity contribution < 1.29 is 18.8 Å². The Morgan fingerprint density at radius 2 is 1.72 bits per heavy atom. The maximum Gasteiger partial charge on any atom is 0.270 e. The number of hydrogen-bond acceptors (Lipinski definition) is 6. The molecule has 8 nitrogen and oxygen atoms in total. The number of nitrogens with zero attached hydrogens (tertiary/aromatic N) is 2. The Hall–Kier alpha value is -3.79. The molecule has 1 aromatic heterocycles. The monoisotopic (exact) mass is 509 g/mol. The molecule has 1 aliphatic rings. The number of carbonyl (C=O) groups excluding carboxylic acids is 3. The number of nitrogen functional groups attached to an aromatic ring is 1. The van der Waals surface area contributed by atoms with Crippen LogP contribution in [0, 0.1) is 5.82 Å². The van der Waals surface area contributed by atoms with Crippen LogP contribution in [0.4, 0.5) is 10.1 Å². The molecule has 3 aromatic rings. The van der Waals surface area contributed by atoms with Crippen molar-refractivity contribution in [3.8, 4) is 0 Å². The van der Waals surface area contributed by atoms with Gasteiger partial charge in [0.1, 0.15) is 16.7 Å². The van der Waals surface area contributed by atoms with Gasteiger partial charge in [0.05, 0.1) is 5.69 Å². The summed E-state index contributed by atoms with van der Waals surface area (Å²) in [5, 5.41) is 2.93. The van der Waals surface area contributed by atoms with E-state index in [9.17, 15) is 18.8 Å². The van der Waals surface area contributed by atoms with Gasteiger partial charge in [-0.25, -0.2) is 4.39 Å². The zero-order valence-corrected chi connectivity index (χ0v) is 20.5. The van der Waals surface area contributed by atoms with Crippen LogP contribution in [-0.2, 0) is 11.3 Å². The van der Waals surface area contributed by atoms with Crippen molar-refractivity contribution in [3.63, 3.8) is 0 Å². The number of nitrogens with two attached hydrogens (primary N) is 2. The van der Waals surface area contributed by atoms with Gasteiger partial charge in [-0.1, -0.05) is 61.7 Å². The summed E-state index contributed by atoms with van der Waals surface area (Å²) in [5.74, 6) is -2.19. The molecule has 3 amide bonds. The summed E-state index contributed by atoms with van der Waals surface area (Å²) in [7, 11) is 0. The quantitative estimate of drug-likeness (QED) is 0.425. The molecule has 1 saturated carbocycles. The van der Waals surface area contributed by atoms with Crippen LogP contribution in [-0.4, -0.2) is 33.0 Å². The summed E-state index contributed by atoms with van der Waals surface area (Å²) >= 11 is 0.783. The van der Waals surface area contributed by atoms with Gasteiger partial charge < -0.3 is 21.7 Å². The lowest BCUT2D eigenvalue weighted by molar-refractivity contribution is -0.127. The summed E-state index contributed by atoms with van der Waals surface area (Å²) < 4.78 is 17.8.